The van der Waals surface area contributed by atoms with Gasteiger partial charge in [-0.15, -0.1) is 0 Å². The molecule has 5 amide bonds. The number of carboxylic acids is 1. The summed E-state index contributed by atoms with van der Waals surface area (Å²) in [6, 6.07) is 3.27. The Morgan fingerprint density at radius 1 is 0.925 bits per heavy atom. The molecule has 0 radical (unpaired) electrons. The zero-order chi connectivity index (χ0) is 38.5. The molecule has 1 aromatic rings. The monoisotopic (exact) mass is 737 g/mol. The van der Waals surface area contributed by atoms with E-state index in [1.165, 1.54) is 0 Å². The number of fused-ring (bicyclic) bond motifs is 1. The summed E-state index contributed by atoms with van der Waals surface area (Å²) < 4.78 is 5.37. The Hall–Kier alpha value is -4.75. The minimum Gasteiger partial charge on any atom is -0.479 e. The molecule has 14 heteroatoms. The quantitative estimate of drug-likeness (QED) is 0.124. The molecule has 2 aliphatic carbocycles. The van der Waals surface area contributed by atoms with Crippen LogP contribution in [0.2, 0.25) is 0 Å². The zero-order valence-corrected chi connectivity index (χ0v) is 31.1. The number of carboxylic acid groups (broad SMARTS) is 1. The van der Waals surface area contributed by atoms with Crippen LogP contribution in [0.3, 0.4) is 0 Å². The number of likely N-dealkylation sites (tertiary alicyclic amines) is 1. The number of carbonyl (C=O) groups excluding carboxylic acids is 6. The van der Waals surface area contributed by atoms with Crippen molar-refractivity contribution in [1.29, 1.82) is 0 Å². The van der Waals surface area contributed by atoms with E-state index in [2.05, 4.69) is 21.3 Å². The fourth-order valence-electron chi connectivity index (χ4n) is 7.54. The van der Waals surface area contributed by atoms with Gasteiger partial charge >= 0.3 is 12.1 Å². The van der Waals surface area contributed by atoms with Crippen molar-refractivity contribution in [2.45, 2.75) is 128 Å². The number of hydrogen-bond acceptors (Lipinski definition) is 8. The number of ketones is 1. The number of aliphatic carboxylic acids is 1. The summed E-state index contributed by atoms with van der Waals surface area (Å²) in [5.74, 6) is -5.00. The maximum atomic E-state index is 14.5. The molecule has 14 nitrogen and oxygen atoms in total. The Bertz CT molecular complexity index is 1510. The third kappa shape index (κ3) is 11.6. The Morgan fingerprint density at radius 3 is 2.28 bits per heavy atom. The van der Waals surface area contributed by atoms with Crippen LogP contribution >= 0.6 is 0 Å². The normalized spacial score (nSPS) is 21.3. The van der Waals surface area contributed by atoms with Gasteiger partial charge in [0.2, 0.25) is 23.5 Å². The van der Waals surface area contributed by atoms with Crippen molar-refractivity contribution in [1.82, 2.24) is 26.2 Å². The molecule has 3 aliphatic rings. The highest BCUT2D eigenvalue weighted by molar-refractivity contribution is 6.38. The van der Waals surface area contributed by atoms with Crippen LogP contribution in [-0.4, -0.2) is 88.8 Å². The van der Waals surface area contributed by atoms with E-state index in [4.69, 9.17) is 4.74 Å². The minimum absolute atomic E-state index is 0.0620. The van der Waals surface area contributed by atoms with E-state index >= 15 is 0 Å². The van der Waals surface area contributed by atoms with E-state index in [1.807, 2.05) is 19.9 Å². The van der Waals surface area contributed by atoms with Crippen LogP contribution in [0.5, 0.6) is 0 Å². The number of nitrogens with one attached hydrogen (secondary N) is 4. The number of carbonyl (C=O) groups is 7. The van der Waals surface area contributed by atoms with Gasteiger partial charge in [-0.25, -0.2) is 9.59 Å². The van der Waals surface area contributed by atoms with E-state index < -0.39 is 72.2 Å². The molecule has 0 bridgehead atoms. The van der Waals surface area contributed by atoms with Gasteiger partial charge in [0, 0.05) is 6.04 Å². The molecule has 6 atom stereocenters. The van der Waals surface area contributed by atoms with Crippen LogP contribution < -0.4 is 21.3 Å². The number of amides is 5. The Morgan fingerprint density at radius 2 is 1.62 bits per heavy atom. The molecular weight excluding hydrogens is 682 g/mol. The standard InChI is InChI=1S/C39H55N5O9/c1-4-13-28(34(46)36(48)40-22-32(45)43-33(38(50)51)26-16-9-6-10-17-26)41-35(47)31-21-27-18-11-12-19-30(27)44(31)37(49)29(20-25-14-7-5-8-15-25)42-39(52)53-23-24(2)3/h6,9-10,16-17,20,24,27-31,33H,4-5,7-8,11-15,18-19,21-23H2,1-3H3,(H,40,48)(H,41,47)(H,42,52)(H,43,45)(H,50,51)/t27-,28?,29?,30-,31-,33?/m0/s1. The van der Waals surface area contributed by atoms with Gasteiger partial charge < -0.3 is 36.0 Å². The van der Waals surface area contributed by atoms with Gasteiger partial charge in [-0.2, -0.15) is 0 Å². The highest BCUT2D eigenvalue weighted by Crippen LogP contribution is 2.40. The lowest BCUT2D eigenvalue weighted by atomic mass is 9.84. The third-order valence-electron chi connectivity index (χ3n) is 10.2. The molecule has 0 aromatic heterocycles. The van der Waals surface area contributed by atoms with Crippen LogP contribution in [0.4, 0.5) is 4.79 Å². The first-order valence-electron chi connectivity index (χ1n) is 19.0. The van der Waals surface area contributed by atoms with Crippen molar-refractivity contribution >= 4 is 41.5 Å². The van der Waals surface area contributed by atoms with Crippen LogP contribution in [-0.2, 0) is 33.5 Å². The van der Waals surface area contributed by atoms with Crippen molar-refractivity contribution in [3.63, 3.8) is 0 Å². The molecule has 1 saturated heterocycles. The van der Waals surface area contributed by atoms with E-state index in [0.717, 1.165) is 56.9 Å². The number of benzene rings is 1. The first kappa shape index (κ1) is 41.0. The Labute approximate surface area is 311 Å². The van der Waals surface area contributed by atoms with Gasteiger partial charge in [-0.1, -0.05) is 88.4 Å². The van der Waals surface area contributed by atoms with Gasteiger partial charge in [0.15, 0.2) is 6.04 Å². The van der Waals surface area contributed by atoms with Gasteiger partial charge in [-0.3, -0.25) is 24.0 Å². The molecular formula is C39H55N5O9. The minimum atomic E-state index is -1.36. The second-order valence-electron chi connectivity index (χ2n) is 14.8. The summed E-state index contributed by atoms with van der Waals surface area (Å²) in [5.41, 5.74) is 1.41. The van der Waals surface area contributed by atoms with E-state index in [9.17, 15) is 38.7 Å². The summed E-state index contributed by atoms with van der Waals surface area (Å²) in [6.07, 6.45) is 10.2. The first-order chi connectivity index (χ1) is 25.4. The van der Waals surface area contributed by atoms with Gasteiger partial charge in [0.05, 0.1) is 19.2 Å². The second-order valence-corrected chi connectivity index (χ2v) is 14.8. The average molecular weight is 738 g/mol. The Balaban J connectivity index is 1.47. The van der Waals surface area contributed by atoms with Crippen LogP contribution in [0.15, 0.2) is 42.0 Å². The number of hydrogen-bond donors (Lipinski definition) is 5. The molecule has 3 unspecified atom stereocenters. The lowest BCUT2D eigenvalue weighted by Gasteiger charge is -2.36. The maximum Gasteiger partial charge on any atom is 0.408 e. The lowest BCUT2D eigenvalue weighted by Crippen LogP contribution is -2.58. The smallest absolute Gasteiger partial charge is 0.408 e. The SMILES string of the molecule is CCCC(NC(=O)[C@@H]1C[C@@H]2CCCC[C@@H]2N1C(=O)C(C=C1CCCCC1)NC(=O)OCC(C)C)C(=O)C(=O)NCC(=O)NC(C(=O)O)c1ccccc1. The van der Waals surface area contributed by atoms with E-state index in [0.29, 0.717) is 24.8 Å². The molecule has 1 aromatic carbocycles. The second kappa shape index (κ2) is 19.9. The number of Topliss-reactive ketones (excluding diaryl/α,β-unsaturated/α-hetero) is 1. The van der Waals surface area contributed by atoms with Crippen molar-refractivity contribution in [2.75, 3.05) is 13.2 Å². The molecule has 53 heavy (non-hydrogen) atoms. The number of nitrogens with zero attached hydrogens (tertiary/aromatic N) is 1. The Kier molecular flexibility index (Phi) is 15.4. The number of ether oxygens (including phenoxy) is 1. The summed E-state index contributed by atoms with van der Waals surface area (Å²) in [4.78, 5) is 93.8. The first-order valence-corrected chi connectivity index (χ1v) is 19.0. The van der Waals surface area contributed by atoms with Crippen LogP contribution in [0.1, 0.15) is 109 Å². The van der Waals surface area contributed by atoms with Crippen molar-refractivity contribution in [3.05, 3.63) is 47.5 Å². The topological polar surface area (TPSA) is 200 Å². The zero-order valence-electron chi connectivity index (χ0n) is 31.1. The summed E-state index contributed by atoms with van der Waals surface area (Å²) >= 11 is 0. The molecule has 1 heterocycles. The van der Waals surface area contributed by atoms with Crippen molar-refractivity contribution in [2.24, 2.45) is 11.8 Å². The molecule has 4 rings (SSSR count). The van der Waals surface area contributed by atoms with E-state index in [1.54, 1.807) is 42.2 Å². The summed E-state index contributed by atoms with van der Waals surface area (Å²) in [5, 5.41) is 19.7. The highest BCUT2D eigenvalue weighted by Gasteiger charge is 2.49. The largest absolute Gasteiger partial charge is 0.479 e. The summed E-state index contributed by atoms with van der Waals surface area (Å²) in [6.45, 7) is 5.14. The molecule has 5 N–H and O–H groups in total. The molecule has 2 saturated carbocycles. The lowest BCUT2D eigenvalue weighted by molar-refractivity contribution is -0.144. The number of rotatable bonds is 16. The predicted molar refractivity (Wildman–Crippen MR) is 195 cm³/mol. The highest BCUT2D eigenvalue weighted by atomic mass is 16.5. The van der Waals surface area contributed by atoms with E-state index in [-0.39, 0.29) is 30.9 Å². The molecule has 1 aliphatic heterocycles. The molecule has 3 fully saturated rings. The fraction of sp³-hybridized carbons (Fsp3) is 0.615. The average Bonchev–Trinajstić information content (AvgIpc) is 3.54. The van der Waals surface area contributed by atoms with Crippen molar-refractivity contribution in [3.8, 4) is 0 Å². The van der Waals surface area contributed by atoms with Crippen LogP contribution in [0.25, 0.3) is 0 Å². The maximum absolute atomic E-state index is 14.5. The summed E-state index contributed by atoms with van der Waals surface area (Å²) in [7, 11) is 0. The number of allylic oxidation sites excluding steroid dienone is 1. The molecule has 290 valence electrons. The van der Waals surface area contributed by atoms with Gasteiger partial charge in [-0.05, 0) is 68.8 Å². The van der Waals surface area contributed by atoms with Crippen LogP contribution in [0, 0.1) is 11.8 Å². The molecule has 0 spiro atoms. The number of alkyl carbamates (subject to hydrolysis) is 1. The van der Waals surface area contributed by atoms with Gasteiger partial charge in [0.25, 0.3) is 5.91 Å². The predicted octanol–water partition coefficient (Wildman–Crippen LogP) is 3.70. The third-order valence-corrected chi connectivity index (χ3v) is 10.2. The fourth-order valence-corrected chi connectivity index (χ4v) is 7.54. The van der Waals surface area contributed by atoms with Gasteiger partial charge in [0.1, 0.15) is 12.1 Å². The van der Waals surface area contributed by atoms with Crippen molar-refractivity contribution < 1.29 is 43.4 Å².